The highest BCUT2D eigenvalue weighted by atomic mass is 35.5. The summed E-state index contributed by atoms with van der Waals surface area (Å²) in [5.41, 5.74) is 0.456. The summed E-state index contributed by atoms with van der Waals surface area (Å²) < 4.78 is 0. The first-order valence-corrected chi connectivity index (χ1v) is 9.37. The number of nitro groups is 1. The van der Waals surface area contributed by atoms with Crippen molar-refractivity contribution in [2.75, 3.05) is 9.91 Å². The lowest BCUT2D eigenvalue weighted by Gasteiger charge is -2.22. The molecule has 0 bridgehead atoms. The minimum Gasteiger partial charge on any atom is -0.293 e. The van der Waals surface area contributed by atoms with Gasteiger partial charge in [0.05, 0.1) is 10.6 Å². The predicted molar refractivity (Wildman–Crippen MR) is 110 cm³/mol. The van der Waals surface area contributed by atoms with Crippen LogP contribution in [0.2, 0.25) is 5.02 Å². The van der Waals surface area contributed by atoms with Gasteiger partial charge in [-0.15, -0.1) is 0 Å². The zero-order valence-electron chi connectivity index (χ0n) is 15.9. The van der Waals surface area contributed by atoms with Crippen LogP contribution in [-0.4, -0.2) is 34.3 Å². The third kappa shape index (κ3) is 2.78. The number of nitro benzene ring substituents is 1. The number of rotatable bonds is 4. The Balaban J connectivity index is 1.87. The van der Waals surface area contributed by atoms with Crippen molar-refractivity contribution in [2.45, 2.75) is 19.9 Å². The molecule has 0 spiro atoms. The fourth-order valence-electron chi connectivity index (χ4n) is 3.79. The highest BCUT2D eigenvalue weighted by molar-refractivity contribution is 6.49. The Morgan fingerprint density at radius 3 is 2.43 bits per heavy atom. The third-order valence-corrected chi connectivity index (χ3v) is 5.62. The van der Waals surface area contributed by atoms with Crippen molar-refractivity contribution in [1.82, 2.24) is 0 Å². The summed E-state index contributed by atoms with van der Waals surface area (Å²) in [5.74, 6) is -2.90. The SMILES string of the molecule is CC(=O)C1=NN(c2ccccc2[N+](=O)[O-])[C@@H]2C(=O)N(c3cccc(Cl)c3C)C(=O)[C@H]12. The van der Waals surface area contributed by atoms with Gasteiger partial charge in [-0.05, 0) is 30.7 Å². The van der Waals surface area contributed by atoms with Crippen molar-refractivity contribution in [3.63, 3.8) is 0 Å². The van der Waals surface area contributed by atoms with E-state index in [1.54, 1.807) is 31.2 Å². The molecule has 30 heavy (non-hydrogen) atoms. The molecule has 2 aromatic carbocycles. The Morgan fingerprint density at radius 1 is 1.10 bits per heavy atom. The van der Waals surface area contributed by atoms with Gasteiger partial charge in [-0.1, -0.05) is 29.8 Å². The van der Waals surface area contributed by atoms with Crippen LogP contribution < -0.4 is 9.91 Å². The lowest BCUT2D eigenvalue weighted by Crippen LogP contribution is -2.39. The van der Waals surface area contributed by atoms with Crippen LogP contribution in [0.25, 0.3) is 0 Å². The Morgan fingerprint density at radius 2 is 1.77 bits per heavy atom. The summed E-state index contributed by atoms with van der Waals surface area (Å²) in [4.78, 5) is 50.7. The minimum atomic E-state index is -1.20. The lowest BCUT2D eigenvalue weighted by atomic mass is 9.95. The molecule has 9 nitrogen and oxygen atoms in total. The number of fused-ring (bicyclic) bond motifs is 1. The predicted octanol–water partition coefficient (Wildman–Crippen LogP) is 2.88. The van der Waals surface area contributed by atoms with Crippen LogP contribution in [0.1, 0.15) is 12.5 Å². The molecular weight excluding hydrogens is 412 g/mol. The van der Waals surface area contributed by atoms with Gasteiger partial charge in [-0.25, -0.2) is 9.91 Å². The zero-order chi connectivity index (χ0) is 21.7. The summed E-state index contributed by atoms with van der Waals surface area (Å²) in [6.45, 7) is 2.91. The van der Waals surface area contributed by atoms with E-state index in [9.17, 15) is 24.5 Å². The second kappa shape index (κ2) is 7.03. The van der Waals surface area contributed by atoms with Crippen molar-refractivity contribution in [3.8, 4) is 0 Å². The van der Waals surface area contributed by atoms with Gasteiger partial charge >= 0.3 is 0 Å². The minimum absolute atomic E-state index is 0.0274. The van der Waals surface area contributed by atoms with Gasteiger partial charge in [0.25, 0.3) is 11.6 Å². The summed E-state index contributed by atoms with van der Waals surface area (Å²) >= 11 is 6.16. The highest BCUT2D eigenvalue weighted by Crippen LogP contribution is 2.41. The molecule has 1 saturated heterocycles. The number of nitrogens with zero attached hydrogens (tertiary/aromatic N) is 4. The van der Waals surface area contributed by atoms with Crippen LogP contribution in [0, 0.1) is 23.0 Å². The number of imide groups is 1. The second-order valence-electron chi connectivity index (χ2n) is 6.95. The summed E-state index contributed by atoms with van der Waals surface area (Å²) in [6, 6.07) is 9.35. The number of hydrogen-bond acceptors (Lipinski definition) is 7. The van der Waals surface area contributed by atoms with Gasteiger partial charge in [0.1, 0.15) is 23.4 Å². The molecule has 10 heteroatoms. The Labute approximate surface area is 175 Å². The zero-order valence-corrected chi connectivity index (χ0v) is 16.7. The molecule has 2 heterocycles. The number of carbonyl (C=O) groups excluding carboxylic acids is 3. The van der Waals surface area contributed by atoms with Crippen LogP contribution in [-0.2, 0) is 14.4 Å². The van der Waals surface area contributed by atoms with E-state index in [-0.39, 0.29) is 17.1 Å². The maximum absolute atomic E-state index is 13.4. The average Bonchev–Trinajstić information content (AvgIpc) is 3.22. The van der Waals surface area contributed by atoms with Crippen molar-refractivity contribution in [1.29, 1.82) is 0 Å². The molecule has 152 valence electrons. The molecule has 4 rings (SSSR count). The van der Waals surface area contributed by atoms with E-state index in [1.165, 1.54) is 25.1 Å². The molecule has 0 radical (unpaired) electrons. The molecule has 0 N–H and O–H groups in total. The molecule has 0 saturated carbocycles. The molecule has 0 aliphatic carbocycles. The highest BCUT2D eigenvalue weighted by Gasteiger charge is 2.59. The van der Waals surface area contributed by atoms with Crippen molar-refractivity contribution < 1.29 is 19.3 Å². The van der Waals surface area contributed by atoms with Crippen molar-refractivity contribution in [2.24, 2.45) is 11.0 Å². The molecular formula is C20H15ClN4O5. The fraction of sp³-hybridized carbons (Fsp3) is 0.200. The molecule has 2 aliphatic rings. The Hall–Kier alpha value is -3.59. The van der Waals surface area contributed by atoms with Crippen molar-refractivity contribution >= 4 is 52.0 Å². The summed E-state index contributed by atoms with van der Waals surface area (Å²) in [6.07, 6.45) is 0. The van der Waals surface area contributed by atoms with Crippen LogP contribution in [0.15, 0.2) is 47.6 Å². The average molecular weight is 427 g/mol. The summed E-state index contributed by atoms with van der Waals surface area (Å²) in [5, 5.41) is 17.1. The van der Waals surface area contributed by atoms with E-state index in [0.717, 1.165) is 9.91 Å². The monoisotopic (exact) mass is 426 g/mol. The molecule has 2 atom stereocenters. The van der Waals surface area contributed by atoms with E-state index in [2.05, 4.69) is 5.10 Å². The van der Waals surface area contributed by atoms with Crippen LogP contribution >= 0.6 is 11.6 Å². The van der Waals surface area contributed by atoms with E-state index < -0.39 is 34.5 Å². The second-order valence-corrected chi connectivity index (χ2v) is 7.36. The topological polar surface area (TPSA) is 113 Å². The number of para-hydroxylation sites is 2. The molecule has 2 amide bonds. The molecule has 2 aliphatic heterocycles. The van der Waals surface area contributed by atoms with E-state index in [1.807, 2.05) is 0 Å². The standard InChI is InChI=1S/C20H15ClN4O5/c1-10-12(21)6-5-9-13(10)23-19(27)16-17(11(2)26)22-24(18(16)20(23)28)14-7-3-4-8-15(14)25(29)30/h3-9,16,18H,1-2H3/t16-,18+/m1/s1. The number of anilines is 2. The first-order chi connectivity index (χ1) is 14.2. The maximum atomic E-state index is 13.4. The molecule has 1 fully saturated rings. The van der Waals surface area contributed by atoms with Gasteiger partial charge in [0.2, 0.25) is 5.91 Å². The molecule has 0 unspecified atom stereocenters. The third-order valence-electron chi connectivity index (χ3n) is 5.22. The van der Waals surface area contributed by atoms with Crippen LogP contribution in [0.5, 0.6) is 0 Å². The maximum Gasteiger partial charge on any atom is 0.294 e. The number of amides is 2. The number of halogens is 1. The summed E-state index contributed by atoms with van der Waals surface area (Å²) in [7, 11) is 0. The Bertz CT molecular complexity index is 1160. The normalized spacial score (nSPS) is 20.4. The largest absolute Gasteiger partial charge is 0.294 e. The molecule has 2 aromatic rings. The number of benzene rings is 2. The number of hydrazone groups is 1. The van der Waals surface area contributed by atoms with Gasteiger partial charge in [-0.3, -0.25) is 24.5 Å². The van der Waals surface area contributed by atoms with E-state index in [4.69, 9.17) is 11.6 Å². The van der Waals surface area contributed by atoms with Crippen LogP contribution in [0.4, 0.5) is 17.1 Å². The lowest BCUT2D eigenvalue weighted by molar-refractivity contribution is -0.384. The smallest absolute Gasteiger partial charge is 0.293 e. The Kier molecular flexibility index (Phi) is 4.62. The first kappa shape index (κ1) is 19.7. The van der Waals surface area contributed by atoms with Gasteiger partial charge < -0.3 is 0 Å². The van der Waals surface area contributed by atoms with E-state index in [0.29, 0.717) is 16.3 Å². The number of hydrogen-bond donors (Lipinski definition) is 0. The van der Waals surface area contributed by atoms with Gasteiger partial charge in [0, 0.05) is 18.0 Å². The number of Topliss-reactive ketones (excluding diaryl/α,β-unsaturated/α-hetero) is 1. The van der Waals surface area contributed by atoms with E-state index >= 15 is 0 Å². The van der Waals surface area contributed by atoms with Gasteiger partial charge in [-0.2, -0.15) is 5.10 Å². The number of ketones is 1. The molecule has 0 aromatic heterocycles. The van der Waals surface area contributed by atoms with Crippen LogP contribution in [0.3, 0.4) is 0 Å². The fourth-order valence-corrected chi connectivity index (χ4v) is 3.96. The number of carbonyl (C=O) groups is 3. The first-order valence-electron chi connectivity index (χ1n) is 8.99. The van der Waals surface area contributed by atoms with Crippen molar-refractivity contribution in [3.05, 3.63) is 63.2 Å². The quantitative estimate of drug-likeness (QED) is 0.422. The van der Waals surface area contributed by atoms with Gasteiger partial charge in [0.15, 0.2) is 5.78 Å².